The van der Waals surface area contributed by atoms with Crippen LogP contribution in [0.2, 0.25) is 0 Å². The summed E-state index contributed by atoms with van der Waals surface area (Å²) in [6.07, 6.45) is 3.61. The third-order valence-electron chi connectivity index (χ3n) is 5.17. The molecule has 0 aliphatic carbocycles. The lowest BCUT2D eigenvalue weighted by molar-refractivity contribution is 0.0268. The van der Waals surface area contributed by atoms with Gasteiger partial charge in [0.2, 0.25) is 5.88 Å². The summed E-state index contributed by atoms with van der Waals surface area (Å²) in [6.45, 7) is 9.06. The molecule has 6 heteroatoms. The molecule has 1 atom stereocenters. The number of piperazine rings is 1. The predicted molar refractivity (Wildman–Crippen MR) is 93.1 cm³/mol. The van der Waals surface area contributed by atoms with Crippen LogP contribution in [0.1, 0.15) is 26.7 Å². The number of amides is 1. The van der Waals surface area contributed by atoms with Crippen LogP contribution in [0.5, 0.6) is 5.88 Å². The summed E-state index contributed by atoms with van der Waals surface area (Å²) in [5.74, 6) is 0.905. The molecule has 3 rings (SSSR count). The minimum atomic E-state index is -0.263. The molecule has 0 bridgehead atoms. The van der Waals surface area contributed by atoms with Crippen molar-refractivity contribution in [2.75, 3.05) is 32.7 Å². The molecule has 1 amide bonds. The van der Waals surface area contributed by atoms with Crippen LogP contribution in [-0.4, -0.2) is 65.7 Å². The van der Waals surface area contributed by atoms with E-state index < -0.39 is 0 Å². The maximum Gasteiger partial charge on any atom is 0.416 e. The zero-order valence-electron chi connectivity index (χ0n) is 14.6. The van der Waals surface area contributed by atoms with Gasteiger partial charge in [-0.25, -0.2) is 9.78 Å². The average molecular weight is 332 g/mol. The van der Waals surface area contributed by atoms with E-state index in [9.17, 15) is 4.79 Å². The van der Waals surface area contributed by atoms with Crippen molar-refractivity contribution in [1.29, 1.82) is 0 Å². The van der Waals surface area contributed by atoms with Gasteiger partial charge in [0.15, 0.2) is 0 Å². The summed E-state index contributed by atoms with van der Waals surface area (Å²) in [4.78, 5) is 21.2. The monoisotopic (exact) mass is 332 g/mol. The highest BCUT2D eigenvalue weighted by molar-refractivity contribution is 5.70. The van der Waals surface area contributed by atoms with E-state index in [1.54, 1.807) is 12.3 Å². The molecule has 1 unspecified atom stereocenters. The van der Waals surface area contributed by atoms with Crippen molar-refractivity contribution in [3.05, 3.63) is 24.4 Å². The SMILES string of the molecule is CC(C)N1CCN(C(=O)Oc2ccccn2)C(C2CCNCC2)C1. The molecule has 2 saturated heterocycles. The van der Waals surface area contributed by atoms with Crippen LogP contribution in [0.4, 0.5) is 4.79 Å². The van der Waals surface area contributed by atoms with E-state index in [4.69, 9.17) is 4.74 Å². The third-order valence-corrected chi connectivity index (χ3v) is 5.17. The lowest BCUT2D eigenvalue weighted by Gasteiger charge is -2.46. The van der Waals surface area contributed by atoms with Gasteiger partial charge in [0.25, 0.3) is 0 Å². The summed E-state index contributed by atoms with van der Waals surface area (Å²) in [5.41, 5.74) is 0. The second-order valence-corrected chi connectivity index (χ2v) is 6.97. The van der Waals surface area contributed by atoms with Crippen molar-refractivity contribution in [2.24, 2.45) is 5.92 Å². The first-order valence-corrected chi connectivity index (χ1v) is 8.99. The first-order valence-electron chi connectivity index (χ1n) is 8.99. The summed E-state index contributed by atoms with van der Waals surface area (Å²) in [6, 6.07) is 6.09. The number of hydrogen-bond donors (Lipinski definition) is 1. The molecule has 6 nitrogen and oxygen atoms in total. The molecule has 2 aliphatic rings. The van der Waals surface area contributed by atoms with Crippen LogP contribution in [-0.2, 0) is 0 Å². The Morgan fingerprint density at radius 1 is 1.29 bits per heavy atom. The van der Waals surface area contributed by atoms with Crippen molar-refractivity contribution in [3.8, 4) is 5.88 Å². The number of hydrogen-bond acceptors (Lipinski definition) is 5. The van der Waals surface area contributed by atoms with Gasteiger partial charge in [0, 0.05) is 37.9 Å². The highest BCUT2D eigenvalue weighted by Gasteiger charge is 2.37. The van der Waals surface area contributed by atoms with E-state index in [1.807, 2.05) is 17.0 Å². The normalized spacial score (nSPS) is 23.5. The van der Waals surface area contributed by atoms with Crippen LogP contribution in [0.15, 0.2) is 24.4 Å². The maximum atomic E-state index is 12.7. The Bertz CT molecular complexity index is 531. The number of carbonyl (C=O) groups is 1. The molecule has 132 valence electrons. The van der Waals surface area contributed by atoms with E-state index in [1.165, 1.54) is 0 Å². The minimum absolute atomic E-state index is 0.222. The van der Waals surface area contributed by atoms with Gasteiger partial charge in [0.1, 0.15) is 0 Å². The molecule has 1 N–H and O–H groups in total. The molecule has 24 heavy (non-hydrogen) atoms. The zero-order chi connectivity index (χ0) is 16.9. The van der Waals surface area contributed by atoms with Crippen molar-refractivity contribution in [2.45, 2.75) is 38.8 Å². The van der Waals surface area contributed by atoms with Crippen LogP contribution < -0.4 is 10.1 Å². The molecule has 1 aromatic heterocycles. The predicted octanol–water partition coefficient (Wildman–Crippen LogP) is 1.97. The highest BCUT2D eigenvalue weighted by Crippen LogP contribution is 2.26. The molecule has 2 aliphatic heterocycles. The van der Waals surface area contributed by atoms with Crippen LogP contribution in [0.3, 0.4) is 0 Å². The molecule has 0 saturated carbocycles. The lowest BCUT2D eigenvalue weighted by Crippen LogP contribution is -2.60. The standard InChI is InChI=1S/C18H28N4O2/c1-14(2)21-11-12-22(16(13-21)15-6-9-19-10-7-15)18(23)24-17-5-3-4-8-20-17/h3-5,8,14-16,19H,6-7,9-13H2,1-2H3. The van der Waals surface area contributed by atoms with Gasteiger partial charge in [0.05, 0.1) is 6.04 Å². The number of piperidine rings is 1. The van der Waals surface area contributed by atoms with Gasteiger partial charge in [-0.15, -0.1) is 0 Å². The van der Waals surface area contributed by atoms with Crippen LogP contribution in [0, 0.1) is 5.92 Å². The Kier molecular flexibility index (Phi) is 5.68. The Morgan fingerprint density at radius 3 is 2.75 bits per heavy atom. The first kappa shape index (κ1) is 17.2. The van der Waals surface area contributed by atoms with E-state index in [0.29, 0.717) is 17.8 Å². The molecule has 1 aromatic rings. The fourth-order valence-corrected chi connectivity index (χ4v) is 3.72. The summed E-state index contributed by atoms with van der Waals surface area (Å²) in [7, 11) is 0. The minimum Gasteiger partial charge on any atom is -0.391 e. The summed E-state index contributed by atoms with van der Waals surface area (Å²) < 4.78 is 5.51. The van der Waals surface area contributed by atoms with E-state index in [-0.39, 0.29) is 12.1 Å². The molecule has 3 heterocycles. The molecular formula is C18H28N4O2. The van der Waals surface area contributed by atoms with Gasteiger partial charge in [-0.2, -0.15) is 0 Å². The summed E-state index contributed by atoms with van der Waals surface area (Å²) in [5, 5.41) is 3.41. The topological polar surface area (TPSA) is 57.7 Å². The maximum absolute atomic E-state index is 12.7. The van der Waals surface area contributed by atoms with Gasteiger partial charge >= 0.3 is 6.09 Å². The van der Waals surface area contributed by atoms with Crippen molar-refractivity contribution >= 4 is 6.09 Å². The van der Waals surface area contributed by atoms with Crippen molar-refractivity contribution < 1.29 is 9.53 Å². The van der Waals surface area contributed by atoms with E-state index >= 15 is 0 Å². The van der Waals surface area contributed by atoms with E-state index in [2.05, 4.69) is 29.0 Å². The number of aromatic nitrogens is 1. The molecule has 0 radical (unpaired) electrons. The first-order chi connectivity index (χ1) is 11.6. The highest BCUT2D eigenvalue weighted by atomic mass is 16.6. The molecule has 0 aromatic carbocycles. The van der Waals surface area contributed by atoms with E-state index in [0.717, 1.165) is 45.6 Å². The quantitative estimate of drug-likeness (QED) is 0.917. The number of carbonyl (C=O) groups excluding carboxylic acids is 1. The lowest BCUT2D eigenvalue weighted by atomic mass is 9.87. The second kappa shape index (κ2) is 7.94. The van der Waals surface area contributed by atoms with Gasteiger partial charge in [-0.05, 0) is 51.8 Å². The Hall–Kier alpha value is -1.66. The van der Waals surface area contributed by atoms with Crippen molar-refractivity contribution in [1.82, 2.24) is 20.1 Å². The Labute approximate surface area is 144 Å². The molecule has 2 fully saturated rings. The number of nitrogens with zero attached hydrogens (tertiary/aromatic N) is 3. The number of rotatable bonds is 3. The smallest absolute Gasteiger partial charge is 0.391 e. The third kappa shape index (κ3) is 4.05. The second-order valence-electron chi connectivity index (χ2n) is 6.97. The number of ether oxygens (including phenoxy) is 1. The van der Waals surface area contributed by atoms with Gasteiger partial charge < -0.3 is 15.0 Å². The number of nitrogens with one attached hydrogen (secondary N) is 1. The number of pyridine rings is 1. The average Bonchev–Trinajstić information content (AvgIpc) is 2.62. The fourth-order valence-electron chi connectivity index (χ4n) is 3.72. The Morgan fingerprint density at radius 2 is 2.08 bits per heavy atom. The van der Waals surface area contributed by atoms with Crippen molar-refractivity contribution in [3.63, 3.8) is 0 Å². The summed E-state index contributed by atoms with van der Waals surface area (Å²) >= 11 is 0. The zero-order valence-corrected chi connectivity index (χ0v) is 14.6. The Balaban J connectivity index is 1.72. The van der Waals surface area contributed by atoms with Gasteiger partial charge in [-0.3, -0.25) is 4.90 Å². The van der Waals surface area contributed by atoms with Crippen LogP contribution >= 0.6 is 0 Å². The fraction of sp³-hybridized carbons (Fsp3) is 0.667. The molecule has 0 spiro atoms. The van der Waals surface area contributed by atoms with Gasteiger partial charge in [-0.1, -0.05) is 6.07 Å². The van der Waals surface area contributed by atoms with Crippen LogP contribution in [0.25, 0.3) is 0 Å². The largest absolute Gasteiger partial charge is 0.416 e. The molecular weight excluding hydrogens is 304 g/mol.